The van der Waals surface area contributed by atoms with Gasteiger partial charge in [-0.1, -0.05) is 12.1 Å². The van der Waals surface area contributed by atoms with Gasteiger partial charge in [0.05, 0.1) is 25.0 Å². The van der Waals surface area contributed by atoms with Gasteiger partial charge in [0, 0.05) is 18.0 Å². The Balaban J connectivity index is 1.71. The summed E-state index contributed by atoms with van der Waals surface area (Å²) in [5.41, 5.74) is 6.36. The second-order valence-corrected chi connectivity index (χ2v) is 5.81. The summed E-state index contributed by atoms with van der Waals surface area (Å²) in [5, 5.41) is 0. The number of rotatable bonds is 6. The minimum absolute atomic E-state index is 0.333. The molecule has 0 fully saturated rings. The molecule has 7 heteroatoms. The van der Waals surface area contributed by atoms with E-state index in [4.69, 9.17) is 9.47 Å². The Morgan fingerprint density at radius 2 is 1.64 bits per heavy atom. The summed E-state index contributed by atoms with van der Waals surface area (Å²) in [7, 11) is 1.50. The summed E-state index contributed by atoms with van der Waals surface area (Å²) in [6, 6.07) is 15.7. The summed E-state index contributed by atoms with van der Waals surface area (Å²) in [6.07, 6.45) is 3.69. The molecule has 0 atom stereocenters. The van der Waals surface area contributed by atoms with Gasteiger partial charge in [0.15, 0.2) is 11.5 Å². The van der Waals surface area contributed by atoms with E-state index in [9.17, 15) is 9.59 Å². The first-order valence-corrected chi connectivity index (χ1v) is 8.78. The van der Waals surface area contributed by atoms with Crippen LogP contribution in [0.5, 0.6) is 11.5 Å². The quantitative estimate of drug-likeness (QED) is 0.645. The highest BCUT2D eigenvalue weighted by atomic mass is 16.5. The average molecular weight is 379 g/mol. The number of hydrazine groups is 1. The summed E-state index contributed by atoms with van der Waals surface area (Å²) >= 11 is 0. The standard InChI is InChI=1S/C21H21N3O4/c1-3-28-18-11-10-15(14-19(18)27-2)20(25)22-23-21(26)16-8-4-5-9-17(16)24-12-6-7-13-24/h4-14H,3H2,1-2H3,(H,22,25)(H,23,26). The number of hydrogen-bond acceptors (Lipinski definition) is 4. The zero-order valence-electron chi connectivity index (χ0n) is 15.6. The van der Waals surface area contributed by atoms with Crippen molar-refractivity contribution in [2.24, 2.45) is 0 Å². The molecule has 28 heavy (non-hydrogen) atoms. The van der Waals surface area contributed by atoms with Gasteiger partial charge in [-0.15, -0.1) is 0 Å². The predicted octanol–water partition coefficient (Wildman–Crippen LogP) is 2.96. The van der Waals surface area contributed by atoms with Crippen molar-refractivity contribution in [3.05, 3.63) is 78.1 Å². The number of carbonyl (C=O) groups is 2. The smallest absolute Gasteiger partial charge is 0.271 e. The highest BCUT2D eigenvalue weighted by molar-refractivity contribution is 6.01. The van der Waals surface area contributed by atoms with Crippen LogP contribution in [0.1, 0.15) is 27.6 Å². The molecule has 0 saturated heterocycles. The lowest BCUT2D eigenvalue weighted by molar-refractivity contribution is 0.0846. The van der Waals surface area contributed by atoms with E-state index in [1.807, 2.05) is 48.1 Å². The molecule has 7 nitrogen and oxygen atoms in total. The van der Waals surface area contributed by atoms with Crippen molar-refractivity contribution in [2.75, 3.05) is 13.7 Å². The van der Waals surface area contributed by atoms with E-state index in [0.717, 1.165) is 0 Å². The molecule has 3 rings (SSSR count). The molecule has 0 aliphatic rings. The third kappa shape index (κ3) is 4.15. The largest absolute Gasteiger partial charge is 0.493 e. The first-order valence-electron chi connectivity index (χ1n) is 8.78. The van der Waals surface area contributed by atoms with Crippen molar-refractivity contribution < 1.29 is 19.1 Å². The number of carbonyl (C=O) groups excluding carboxylic acids is 2. The van der Waals surface area contributed by atoms with Gasteiger partial charge in [-0.2, -0.15) is 0 Å². The zero-order valence-corrected chi connectivity index (χ0v) is 15.6. The Morgan fingerprint density at radius 1 is 0.929 bits per heavy atom. The normalized spacial score (nSPS) is 10.2. The van der Waals surface area contributed by atoms with Gasteiger partial charge in [-0.3, -0.25) is 20.4 Å². The van der Waals surface area contributed by atoms with Crippen molar-refractivity contribution >= 4 is 11.8 Å². The molecule has 1 aromatic heterocycles. The van der Waals surface area contributed by atoms with Crippen molar-refractivity contribution in [3.8, 4) is 17.2 Å². The fourth-order valence-corrected chi connectivity index (χ4v) is 2.72. The van der Waals surface area contributed by atoms with E-state index in [0.29, 0.717) is 34.9 Å². The van der Waals surface area contributed by atoms with Crippen molar-refractivity contribution in [3.63, 3.8) is 0 Å². The highest BCUT2D eigenvalue weighted by Crippen LogP contribution is 2.27. The van der Waals surface area contributed by atoms with Crippen LogP contribution in [-0.2, 0) is 0 Å². The second-order valence-electron chi connectivity index (χ2n) is 5.81. The van der Waals surface area contributed by atoms with Crippen LogP contribution in [0, 0.1) is 0 Å². The number of nitrogens with one attached hydrogen (secondary N) is 2. The fourth-order valence-electron chi connectivity index (χ4n) is 2.72. The van der Waals surface area contributed by atoms with E-state index in [-0.39, 0.29) is 0 Å². The first-order chi connectivity index (χ1) is 13.6. The molecule has 0 saturated carbocycles. The van der Waals surface area contributed by atoms with Crippen LogP contribution >= 0.6 is 0 Å². The molecule has 2 amide bonds. The number of methoxy groups -OCH3 is 1. The summed E-state index contributed by atoms with van der Waals surface area (Å²) < 4.78 is 12.5. The maximum Gasteiger partial charge on any atom is 0.271 e. The SMILES string of the molecule is CCOc1ccc(C(=O)NNC(=O)c2ccccc2-n2cccc2)cc1OC. The van der Waals surface area contributed by atoms with Crippen LogP contribution in [-0.4, -0.2) is 30.1 Å². The first kappa shape index (κ1) is 19.0. The van der Waals surface area contributed by atoms with Gasteiger partial charge in [0.25, 0.3) is 11.8 Å². The molecule has 0 aliphatic heterocycles. The Kier molecular flexibility index (Phi) is 5.96. The molecule has 3 aromatic rings. The third-order valence-electron chi connectivity index (χ3n) is 4.05. The Morgan fingerprint density at radius 3 is 2.36 bits per heavy atom. The molecule has 2 N–H and O–H groups in total. The third-order valence-corrected chi connectivity index (χ3v) is 4.05. The summed E-state index contributed by atoms with van der Waals surface area (Å²) in [6.45, 7) is 2.35. The fraction of sp³-hybridized carbons (Fsp3) is 0.143. The number of benzene rings is 2. The van der Waals surface area contributed by atoms with E-state index in [2.05, 4.69) is 10.9 Å². The van der Waals surface area contributed by atoms with Gasteiger partial charge in [-0.05, 0) is 49.4 Å². The van der Waals surface area contributed by atoms with Crippen LogP contribution < -0.4 is 20.3 Å². The lowest BCUT2D eigenvalue weighted by Gasteiger charge is -2.13. The predicted molar refractivity (Wildman–Crippen MR) is 105 cm³/mol. The van der Waals surface area contributed by atoms with Gasteiger partial charge in [-0.25, -0.2) is 0 Å². The maximum absolute atomic E-state index is 12.6. The Hall–Kier alpha value is -3.74. The van der Waals surface area contributed by atoms with Gasteiger partial charge >= 0.3 is 0 Å². The van der Waals surface area contributed by atoms with Gasteiger partial charge in [0.1, 0.15) is 0 Å². The van der Waals surface area contributed by atoms with Gasteiger partial charge < -0.3 is 14.0 Å². The van der Waals surface area contributed by atoms with Crippen LogP contribution in [0.15, 0.2) is 67.0 Å². The maximum atomic E-state index is 12.6. The highest BCUT2D eigenvalue weighted by Gasteiger charge is 2.15. The summed E-state index contributed by atoms with van der Waals surface area (Å²) in [4.78, 5) is 25.0. The van der Waals surface area contributed by atoms with Gasteiger partial charge in [0.2, 0.25) is 0 Å². The molecule has 144 valence electrons. The van der Waals surface area contributed by atoms with E-state index >= 15 is 0 Å². The number of nitrogens with zero attached hydrogens (tertiary/aromatic N) is 1. The molecule has 0 aliphatic carbocycles. The molecule has 0 spiro atoms. The Labute approximate surface area is 162 Å². The number of aromatic nitrogens is 1. The molecule has 0 bridgehead atoms. The molecular formula is C21H21N3O4. The molecule has 1 heterocycles. The Bertz CT molecular complexity index is 968. The minimum atomic E-state index is -0.465. The number of para-hydroxylation sites is 1. The van der Waals surface area contributed by atoms with Crippen LogP contribution in [0.4, 0.5) is 0 Å². The number of hydrogen-bond donors (Lipinski definition) is 2. The molecular weight excluding hydrogens is 358 g/mol. The average Bonchev–Trinajstić information content (AvgIpc) is 3.27. The molecule has 2 aromatic carbocycles. The molecule has 0 radical (unpaired) electrons. The van der Waals surface area contributed by atoms with E-state index in [1.165, 1.54) is 7.11 Å². The summed E-state index contributed by atoms with van der Waals surface area (Å²) in [5.74, 6) is 0.105. The lowest BCUT2D eigenvalue weighted by atomic mass is 10.1. The second kappa shape index (κ2) is 8.77. The van der Waals surface area contributed by atoms with E-state index < -0.39 is 11.8 Å². The lowest BCUT2D eigenvalue weighted by Crippen LogP contribution is -2.42. The molecule has 0 unspecified atom stereocenters. The zero-order chi connectivity index (χ0) is 19.9. The number of ether oxygens (including phenoxy) is 2. The van der Waals surface area contributed by atoms with Crippen LogP contribution in [0.3, 0.4) is 0 Å². The van der Waals surface area contributed by atoms with E-state index in [1.54, 1.807) is 30.3 Å². The van der Waals surface area contributed by atoms with Crippen LogP contribution in [0.25, 0.3) is 5.69 Å². The van der Waals surface area contributed by atoms with Crippen LogP contribution in [0.2, 0.25) is 0 Å². The monoisotopic (exact) mass is 379 g/mol. The van der Waals surface area contributed by atoms with Crippen molar-refractivity contribution in [1.82, 2.24) is 15.4 Å². The minimum Gasteiger partial charge on any atom is -0.493 e. The van der Waals surface area contributed by atoms with Crippen molar-refractivity contribution in [2.45, 2.75) is 6.92 Å². The van der Waals surface area contributed by atoms with Crippen molar-refractivity contribution in [1.29, 1.82) is 0 Å². The number of amides is 2. The topological polar surface area (TPSA) is 81.6 Å².